The Morgan fingerprint density at radius 2 is 2.07 bits per heavy atom. The number of fused-ring (bicyclic) bond motifs is 1. The van der Waals surface area contributed by atoms with Crippen molar-refractivity contribution in [2.24, 2.45) is 0 Å². The number of rotatable bonds is 5. The van der Waals surface area contributed by atoms with Gasteiger partial charge in [0.25, 0.3) is 5.69 Å². The molecule has 2 aliphatic rings. The number of nitrogens with one attached hydrogen (secondary N) is 1. The molecular formula is C19H20ClN3O6. The van der Waals surface area contributed by atoms with Gasteiger partial charge < -0.3 is 19.7 Å². The first-order valence-corrected chi connectivity index (χ1v) is 9.35. The lowest BCUT2D eigenvalue weighted by molar-refractivity contribution is -0.384. The Balaban J connectivity index is 2.32. The third-order valence-corrected chi connectivity index (χ3v) is 5.27. The van der Waals surface area contributed by atoms with Crippen LogP contribution in [0, 0.1) is 10.1 Å². The third-order valence-electron chi connectivity index (χ3n) is 4.93. The van der Waals surface area contributed by atoms with E-state index in [1.54, 1.807) is 18.7 Å². The van der Waals surface area contributed by atoms with E-state index in [-0.39, 0.29) is 34.0 Å². The topological polar surface area (TPSA) is 111 Å². The number of esters is 2. The molecule has 1 aromatic carbocycles. The smallest absolute Gasteiger partial charge is 0.338 e. The van der Waals surface area contributed by atoms with E-state index in [9.17, 15) is 19.7 Å². The van der Waals surface area contributed by atoms with E-state index < -0.39 is 22.8 Å². The van der Waals surface area contributed by atoms with Gasteiger partial charge in [-0.05, 0) is 25.5 Å². The van der Waals surface area contributed by atoms with E-state index in [0.29, 0.717) is 24.6 Å². The van der Waals surface area contributed by atoms with E-state index in [4.69, 9.17) is 21.1 Å². The molecule has 3 rings (SSSR count). The van der Waals surface area contributed by atoms with Crippen LogP contribution in [0.25, 0.3) is 0 Å². The summed E-state index contributed by atoms with van der Waals surface area (Å²) in [6, 6.07) is 3.91. The molecule has 0 aromatic heterocycles. The van der Waals surface area contributed by atoms with Crippen molar-refractivity contribution in [2.75, 3.05) is 26.8 Å². The predicted octanol–water partition coefficient (Wildman–Crippen LogP) is 2.47. The van der Waals surface area contributed by atoms with Crippen LogP contribution in [-0.2, 0) is 19.1 Å². The molecule has 1 atom stereocenters. The Labute approximate surface area is 172 Å². The zero-order valence-electron chi connectivity index (χ0n) is 16.2. The highest BCUT2D eigenvalue weighted by Gasteiger charge is 2.44. The third kappa shape index (κ3) is 3.53. The Morgan fingerprint density at radius 1 is 1.34 bits per heavy atom. The van der Waals surface area contributed by atoms with E-state index >= 15 is 0 Å². The number of allylic oxidation sites excluding steroid dienone is 1. The quantitative estimate of drug-likeness (QED) is 0.438. The van der Waals surface area contributed by atoms with Gasteiger partial charge in [-0.15, -0.1) is 0 Å². The zero-order chi connectivity index (χ0) is 21.3. The van der Waals surface area contributed by atoms with Gasteiger partial charge in [-0.25, -0.2) is 9.59 Å². The van der Waals surface area contributed by atoms with Crippen LogP contribution < -0.4 is 5.32 Å². The number of hydrogen-bond acceptors (Lipinski definition) is 8. The second-order valence-electron chi connectivity index (χ2n) is 6.45. The molecule has 0 amide bonds. The number of hydrogen-bond donors (Lipinski definition) is 1. The van der Waals surface area contributed by atoms with Crippen LogP contribution in [0.3, 0.4) is 0 Å². The highest BCUT2D eigenvalue weighted by molar-refractivity contribution is 6.31. The number of nitrogens with zero attached hydrogens (tertiary/aromatic N) is 2. The van der Waals surface area contributed by atoms with E-state index in [1.807, 2.05) is 0 Å². The summed E-state index contributed by atoms with van der Waals surface area (Å²) in [5, 5.41) is 14.7. The second-order valence-corrected chi connectivity index (χ2v) is 6.85. The van der Waals surface area contributed by atoms with Gasteiger partial charge in [-0.2, -0.15) is 0 Å². The summed E-state index contributed by atoms with van der Waals surface area (Å²) in [5.41, 5.74) is 0.978. The minimum absolute atomic E-state index is 0.126. The first-order chi connectivity index (χ1) is 13.8. The van der Waals surface area contributed by atoms with Crippen molar-refractivity contribution < 1.29 is 24.0 Å². The summed E-state index contributed by atoms with van der Waals surface area (Å²) < 4.78 is 10.2. The molecule has 1 N–H and O–H groups in total. The molecule has 2 heterocycles. The maximum atomic E-state index is 12.9. The summed E-state index contributed by atoms with van der Waals surface area (Å²) >= 11 is 6.38. The number of nitro benzene ring substituents is 1. The lowest BCUT2D eigenvalue weighted by Crippen LogP contribution is -2.35. The van der Waals surface area contributed by atoms with Crippen molar-refractivity contribution in [3.63, 3.8) is 0 Å². The summed E-state index contributed by atoms with van der Waals surface area (Å²) in [6.07, 6.45) is 0. The molecule has 9 nitrogen and oxygen atoms in total. The molecule has 0 spiro atoms. The molecule has 1 saturated heterocycles. The van der Waals surface area contributed by atoms with Crippen LogP contribution in [0.4, 0.5) is 5.69 Å². The highest BCUT2D eigenvalue weighted by Crippen LogP contribution is 2.45. The minimum atomic E-state index is -0.981. The predicted molar refractivity (Wildman–Crippen MR) is 104 cm³/mol. The maximum absolute atomic E-state index is 12.9. The lowest BCUT2D eigenvalue weighted by atomic mass is 9.80. The normalized spacial score (nSPS) is 18.3. The molecular weight excluding hydrogens is 402 g/mol. The van der Waals surface area contributed by atoms with Crippen LogP contribution in [0.2, 0.25) is 5.02 Å². The molecule has 0 aliphatic carbocycles. The van der Waals surface area contributed by atoms with Gasteiger partial charge in [0, 0.05) is 35.9 Å². The largest absolute Gasteiger partial charge is 0.466 e. The first-order valence-electron chi connectivity index (χ1n) is 8.97. The molecule has 10 heteroatoms. The van der Waals surface area contributed by atoms with E-state index in [0.717, 1.165) is 0 Å². The summed E-state index contributed by atoms with van der Waals surface area (Å²) in [6.45, 7) is 4.63. The van der Waals surface area contributed by atoms with Crippen LogP contribution in [-0.4, -0.2) is 48.6 Å². The molecule has 0 radical (unpaired) electrons. The molecule has 154 valence electrons. The molecule has 0 saturated carbocycles. The van der Waals surface area contributed by atoms with Gasteiger partial charge in [0.1, 0.15) is 5.82 Å². The number of benzene rings is 1. The lowest BCUT2D eigenvalue weighted by Gasteiger charge is -2.34. The van der Waals surface area contributed by atoms with Crippen molar-refractivity contribution in [1.82, 2.24) is 10.2 Å². The van der Waals surface area contributed by atoms with Gasteiger partial charge in [-0.3, -0.25) is 10.1 Å². The number of ether oxygens (including phenoxy) is 2. The standard InChI is InChI=1S/C19H20ClN3O6/c1-4-29-19(25)16-15(12-9-11(23(26)27)5-6-13(12)20)14(18(24)28-3)10(2)22-8-7-21-17(16)22/h5-6,9,15,21H,4,7-8H2,1-3H3. The van der Waals surface area contributed by atoms with Gasteiger partial charge in [0.15, 0.2) is 0 Å². The number of carbonyl (C=O) groups excluding carboxylic acids is 2. The Hall–Kier alpha value is -3.07. The van der Waals surface area contributed by atoms with Gasteiger partial charge >= 0.3 is 11.9 Å². The van der Waals surface area contributed by atoms with Crippen molar-refractivity contribution in [3.8, 4) is 0 Å². The molecule has 1 unspecified atom stereocenters. The van der Waals surface area contributed by atoms with Crippen molar-refractivity contribution >= 4 is 29.2 Å². The number of halogens is 1. The average Bonchev–Trinajstić information content (AvgIpc) is 3.17. The van der Waals surface area contributed by atoms with Crippen LogP contribution in [0.1, 0.15) is 25.3 Å². The number of non-ortho nitro benzene ring substituents is 1. The summed E-state index contributed by atoms with van der Waals surface area (Å²) in [7, 11) is 1.24. The van der Waals surface area contributed by atoms with Gasteiger partial charge in [-0.1, -0.05) is 11.6 Å². The minimum Gasteiger partial charge on any atom is -0.466 e. The zero-order valence-corrected chi connectivity index (χ0v) is 16.9. The molecule has 1 fully saturated rings. The fraction of sp³-hybridized carbons (Fsp3) is 0.368. The number of methoxy groups -OCH3 is 1. The number of nitro groups is 1. The van der Waals surface area contributed by atoms with Crippen molar-refractivity contribution in [2.45, 2.75) is 19.8 Å². The molecule has 2 aliphatic heterocycles. The molecule has 0 bridgehead atoms. The monoisotopic (exact) mass is 421 g/mol. The first kappa shape index (κ1) is 20.7. The van der Waals surface area contributed by atoms with Crippen LogP contribution in [0.5, 0.6) is 0 Å². The number of carbonyl (C=O) groups is 2. The van der Waals surface area contributed by atoms with Crippen molar-refractivity contribution in [3.05, 3.63) is 61.6 Å². The Morgan fingerprint density at radius 3 is 2.69 bits per heavy atom. The van der Waals surface area contributed by atoms with E-state index in [2.05, 4.69) is 5.32 Å². The summed E-state index contributed by atoms with van der Waals surface area (Å²) in [5.74, 6) is -1.77. The Bertz CT molecular complexity index is 955. The average molecular weight is 422 g/mol. The van der Waals surface area contributed by atoms with Crippen LogP contribution in [0.15, 0.2) is 40.9 Å². The molecule has 1 aromatic rings. The SMILES string of the molecule is CCOC(=O)C1=C2NCCN2C(C)=C(C(=O)OC)C1c1cc([N+](=O)[O-])ccc1Cl. The molecule has 29 heavy (non-hydrogen) atoms. The van der Waals surface area contributed by atoms with Gasteiger partial charge in [0.2, 0.25) is 0 Å². The van der Waals surface area contributed by atoms with Crippen molar-refractivity contribution in [1.29, 1.82) is 0 Å². The maximum Gasteiger partial charge on any atom is 0.338 e. The second kappa shape index (κ2) is 8.12. The van der Waals surface area contributed by atoms with Gasteiger partial charge in [0.05, 0.1) is 35.7 Å². The Kier molecular flexibility index (Phi) is 5.78. The fourth-order valence-electron chi connectivity index (χ4n) is 3.68. The van der Waals surface area contributed by atoms with E-state index in [1.165, 1.54) is 25.3 Å². The fourth-order valence-corrected chi connectivity index (χ4v) is 3.91. The highest BCUT2D eigenvalue weighted by atomic mass is 35.5. The van der Waals surface area contributed by atoms with Crippen LogP contribution >= 0.6 is 11.6 Å². The summed E-state index contributed by atoms with van der Waals surface area (Å²) in [4.78, 5) is 38.2.